The van der Waals surface area contributed by atoms with Crippen molar-refractivity contribution < 1.29 is 14.7 Å². The fourth-order valence-corrected chi connectivity index (χ4v) is 3.40. The van der Waals surface area contributed by atoms with Crippen molar-refractivity contribution in [3.05, 3.63) is 0 Å². The van der Waals surface area contributed by atoms with E-state index in [-0.39, 0.29) is 11.9 Å². The average molecular weight is 282 g/mol. The van der Waals surface area contributed by atoms with Crippen LogP contribution in [0.1, 0.15) is 57.8 Å². The SMILES string of the molecule is O=C(CNC1CCCC1)NC1CCCCCC1C(=O)O. The summed E-state index contributed by atoms with van der Waals surface area (Å²) in [5.74, 6) is -1.26. The van der Waals surface area contributed by atoms with Gasteiger partial charge in [-0.3, -0.25) is 9.59 Å². The number of amides is 1. The van der Waals surface area contributed by atoms with Crippen molar-refractivity contribution in [1.82, 2.24) is 10.6 Å². The van der Waals surface area contributed by atoms with Gasteiger partial charge in [-0.05, 0) is 25.7 Å². The Morgan fingerprint density at radius 3 is 2.30 bits per heavy atom. The maximum Gasteiger partial charge on any atom is 0.308 e. The molecule has 5 nitrogen and oxygen atoms in total. The second-order valence-corrected chi connectivity index (χ2v) is 6.12. The highest BCUT2D eigenvalue weighted by molar-refractivity contribution is 5.79. The van der Waals surface area contributed by atoms with Gasteiger partial charge in [0.15, 0.2) is 0 Å². The maximum atomic E-state index is 12.0. The first kappa shape index (κ1) is 15.3. The maximum absolute atomic E-state index is 12.0. The van der Waals surface area contributed by atoms with Gasteiger partial charge in [0.2, 0.25) is 5.91 Å². The average Bonchev–Trinajstić information content (AvgIpc) is 2.82. The standard InChI is InChI=1S/C15H26N2O3/c18-14(10-16-11-6-4-5-7-11)17-13-9-3-1-2-8-12(13)15(19)20/h11-13,16H,1-10H2,(H,17,18)(H,19,20). The summed E-state index contributed by atoms with van der Waals surface area (Å²) in [4.78, 5) is 23.3. The lowest BCUT2D eigenvalue weighted by Gasteiger charge is -2.23. The van der Waals surface area contributed by atoms with Crippen molar-refractivity contribution in [2.75, 3.05) is 6.54 Å². The van der Waals surface area contributed by atoms with Crippen LogP contribution in [0, 0.1) is 5.92 Å². The van der Waals surface area contributed by atoms with Crippen LogP contribution in [0.15, 0.2) is 0 Å². The van der Waals surface area contributed by atoms with E-state index in [0.717, 1.165) is 38.5 Å². The first-order valence-corrected chi connectivity index (χ1v) is 7.92. The molecular weight excluding hydrogens is 256 g/mol. The molecule has 0 heterocycles. The van der Waals surface area contributed by atoms with Gasteiger partial charge in [0.25, 0.3) is 0 Å². The minimum absolute atomic E-state index is 0.0601. The van der Waals surface area contributed by atoms with Gasteiger partial charge in [-0.25, -0.2) is 0 Å². The quantitative estimate of drug-likeness (QED) is 0.670. The van der Waals surface area contributed by atoms with Crippen molar-refractivity contribution >= 4 is 11.9 Å². The Morgan fingerprint density at radius 1 is 0.950 bits per heavy atom. The van der Waals surface area contributed by atoms with Crippen molar-refractivity contribution in [3.63, 3.8) is 0 Å². The lowest BCUT2D eigenvalue weighted by molar-refractivity contribution is -0.143. The number of carboxylic acid groups (broad SMARTS) is 1. The van der Waals surface area contributed by atoms with E-state index < -0.39 is 11.9 Å². The zero-order valence-corrected chi connectivity index (χ0v) is 12.1. The molecule has 2 unspecified atom stereocenters. The van der Waals surface area contributed by atoms with Gasteiger partial charge in [-0.1, -0.05) is 32.1 Å². The second kappa shape index (κ2) is 7.62. The molecule has 0 aromatic carbocycles. The Morgan fingerprint density at radius 2 is 1.60 bits per heavy atom. The van der Waals surface area contributed by atoms with Crippen molar-refractivity contribution in [3.8, 4) is 0 Å². The molecule has 114 valence electrons. The van der Waals surface area contributed by atoms with Crippen LogP contribution >= 0.6 is 0 Å². The van der Waals surface area contributed by atoms with Crippen LogP contribution in [-0.4, -0.2) is 35.6 Å². The summed E-state index contributed by atoms with van der Waals surface area (Å²) in [6.07, 6.45) is 9.25. The molecule has 0 bridgehead atoms. The fourth-order valence-electron chi connectivity index (χ4n) is 3.40. The predicted octanol–water partition coefficient (Wildman–Crippen LogP) is 1.67. The van der Waals surface area contributed by atoms with Crippen LogP contribution in [0.4, 0.5) is 0 Å². The summed E-state index contributed by atoms with van der Waals surface area (Å²) in [5.41, 5.74) is 0. The van der Waals surface area contributed by atoms with Crippen molar-refractivity contribution in [2.24, 2.45) is 5.92 Å². The third-order valence-corrected chi connectivity index (χ3v) is 4.59. The monoisotopic (exact) mass is 282 g/mol. The Balaban J connectivity index is 1.79. The number of carbonyl (C=O) groups excluding carboxylic acids is 1. The van der Waals surface area contributed by atoms with E-state index >= 15 is 0 Å². The first-order valence-electron chi connectivity index (χ1n) is 7.92. The van der Waals surface area contributed by atoms with Crippen LogP contribution in [0.25, 0.3) is 0 Å². The molecule has 0 aliphatic heterocycles. The first-order chi connectivity index (χ1) is 9.66. The molecule has 2 atom stereocenters. The van der Waals surface area contributed by atoms with Gasteiger partial charge >= 0.3 is 5.97 Å². The van der Waals surface area contributed by atoms with E-state index in [4.69, 9.17) is 0 Å². The van der Waals surface area contributed by atoms with E-state index in [0.29, 0.717) is 19.0 Å². The lowest BCUT2D eigenvalue weighted by atomic mass is 9.95. The van der Waals surface area contributed by atoms with Crippen molar-refractivity contribution in [1.29, 1.82) is 0 Å². The largest absolute Gasteiger partial charge is 0.481 e. The Bertz CT molecular complexity index is 340. The van der Waals surface area contributed by atoms with Gasteiger partial charge < -0.3 is 15.7 Å². The Hall–Kier alpha value is -1.10. The van der Waals surface area contributed by atoms with Crippen LogP contribution in [0.2, 0.25) is 0 Å². The van der Waals surface area contributed by atoms with Gasteiger partial charge in [0.1, 0.15) is 0 Å². The van der Waals surface area contributed by atoms with Gasteiger partial charge in [-0.15, -0.1) is 0 Å². The van der Waals surface area contributed by atoms with Gasteiger partial charge in [0.05, 0.1) is 12.5 Å². The molecule has 2 saturated carbocycles. The molecule has 5 heteroatoms. The van der Waals surface area contributed by atoms with Crippen LogP contribution in [0.5, 0.6) is 0 Å². The number of hydrogen-bond acceptors (Lipinski definition) is 3. The third kappa shape index (κ3) is 4.47. The summed E-state index contributed by atoms with van der Waals surface area (Å²) >= 11 is 0. The Labute approximate surface area is 120 Å². The molecule has 0 aromatic rings. The smallest absolute Gasteiger partial charge is 0.308 e. The van der Waals surface area contributed by atoms with Crippen LogP contribution in [-0.2, 0) is 9.59 Å². The minimum atomic E-state index is -0.777. The molecule has 0 spiro atoms. The number of nitrogens with one attached hydrogen (secondary N) is 2. The van der Waals surface area contributed by atoms with Gasteiger partial charge in [-0.2, -0.15) is 0 Å². The normalized spacial score (nSPS) is 28.0. The highest BCUT2D eigenvalue weighted by atomic mass is 16.4. The molecule has 0 aromatic heterocycles. The molecular formula is C15H26N2O3. The third-order valence-electron chi connectivity index (χ3n) is 4.59. The number of carbonyl (C=O) groups is 2. The highest BCUT2D eigenvalue weighted by Crippen LogP contribution is 2.23. The zero-order valence-electron chi connectivity index (χ0n) is 12.1. The van der Waals surface area contributed by atoms with E-state index in [2.05, 4.69) is 10.6 Å². The predicted molar refractivity (Wildman–Crippen MR) is 76.4 cm³/mol. The summed E-state index contributed by atoms with van der Waals surface area (Å²) in [5, 5.41) is 15.5. The van der Waals surface area contributed by atoms with Gasteiger partial charge in [0, 0.05) is 12.1 Å². The molecule has 2 fully saturated rings. The molecule has 2 aliphatic carbocycles. The number of rotatable bonds is 5. The molecule has 2 rings (SSSR count). The molecule has 3 N–H and O–H groups in total. The van der Waals surface area contributed by atoms with E-state index in [1.807, 2.05) is 0 Å². The van der Waals surface area contributed by atoms with Crippen LogP contribution < -0.4 is 10.6 Å². The van der Waals surface area contributed by atoms with E-state index in [1.165, 1.54) is 12.8 Å². The molecule has 0 saturated heterocycles. The van der Waals surface area contributed by atoms with E-state index in [9.17, 15) is 14.7 Å². The number of hydrogen-bond donors (Lipinski definition) is 3. The fraction of sp³-hybridized carbons (Fsp3) is 0.867. The second-order valence-electron chi connectivity index (χ2n) is 6.12. The summed E-state index contributed by atoms with van der Waals surface area (Å²) in [6, 6.07) is 0.262. The highest BCUT2D eigenvalue weighted by Gasteiger charge is 2.30. The molecule has 2 aliphatic rings. The Kier molecular flexibility index (Phi) is 5.83. The molecule has 1 amide bonds. The minimum Gasteiger partial charge on any atom is -0.481 e. The molecule has 20 heavy (non-hydrogen) atoms. The van der Waals surface area contributed by atoms with E-state index in [1.54, 1.807) is 0 Å². The summed E-state index contributed by atoms with van der Waals surface area (Å²) < 4.78 is 0. The number of carboxylic acids is 1. The van der Waals surface area contributed by atoms with Crippen molar-refractivity contribution in [2.45, 2.75) is 69.9 Å². The molecule has 0 radical (unpaired) electrons. The number of aliphatic carboxylic acids is 1. The van der Waals surface area contributed by atoms with Crippen LogP contribution in [0.3, 0.4) is 0 Å². The summed E-state index contributed by atoms with van der Waals surface area (Å²) in [6.45, 7) is 0.313. The zero-order chi connectivity index (χ0) is 14.4. The topological polar surface area (TPSA) is 78.4 Å². The summed E-state index contributed by atoms with van der Waals surface area (Å²) in [7, 11) is 0. The lowest BCUT2D eigenvalue weighted by Crippen LogP contribution is -2.47.